The predicted octanol–water partition coefficient (Wildman–Crippen LogP) is 2.76. The molecule has 0 aromatic carbocycles. The molecular weight excluding hydrogens is 1020 g/mol. The van der Waals surface area contributed by atoms with Crippen molar-refractivity contribution in [3.63, 3.8) is 0 Å². The predicted molar refractivity (Wildman–Crippen MR) is 273 cm³/mol. The second kappa shape index (κ2) is 38.0. The standard InChI is InChI=1S/C52H95O23P/c1-3-5-7-9-11-13-15-17-19-20-22-24-26-28-37(55)68-32-34(70-38(56)29-27-25-23-21-18-16-14-12-10-8-6-4-2)33-69-76(66,67)75-50-48(73-51-46(64)41(59)39(57)35(30-53)71-51)44(62)43(61)45(63)49(50)74-52-47(65)42(60)40(58)36(31-54)72-52/h17,19,34-36,39-54,57-65H,3-16,18,20-33H2,1-2H3,(H,66,67)/b19-17-. The molecule has 2 saturated heterocycles. The molecule has 2 heterocycles. The van der Waals surface area contributed by atoms with E-state index in [0.29, 0.717) is 12.8 Å². The Kier molecular flexibility index (Phi) is 34.2. The first-order valence-electron chi connectivity index (χ1n) is 28.0. The summed E-state index contributed by atoms with van der Waals surface area (Å²) in [5.74, 6) is -1.35. The minimum atomic E-state index is -5.63. The number of phosphoric ester groups is 1. The van der Waals surface area contributed by atoms with Crippen LogP contribution in [0, 0.1) is 0 Å². The van der Waals surface area contributed by atoms with E-state index in [1.54, 1.807) is 0 Å². The van der Waals surface area contributed by atoms with Gasteiger partial charge in [0.05, 0.1) is 19.8 Å². The highest BCUT2D eigenvalue weighted by Gasteiger charge is 2.58. The molecule has 3 fully saturated rings. The van der Waals surface area contributed by atoms with Gasteiger partial charge in [0.15, 0.2) is 18.7 Å². The Balaban J connectivity index is 1.74. The molecule has 0 amide bonds. The maximum atomic E-state index is 14.0. The molecule has 12 N–H and O–H groups in total. The normalized spacial score (nSPS) is 32.3. The monoisotopic (exact) mass is 1120 g/mol. The van der Waals surface area contributed by atoms with Crippen molar-refractivity contribution in [1.29, 1.82) is 0 Å². The number of aliphatic hydroxyl groups is 11. The molecule has 1 aliphatic carbocycles. The van der Waals surface area contributed by atoms with Crippen molar-refractivity contribution in [3.8, 4) is 0 Å². The Labute approximate surface area is 448 Å². The number of allylic oxidation sites excluding steroid dienone is 2. The Hall–Kier alpha value is -1.81. The summed E-state index contributed by atoms with van der Waals surface area (Å²) in [7, 11) is -5.63. The summed E-state index contributed by atoms with van der Waals surface area (Å²) in [5, 5.41) is 116. The molecule has 3 aliphatic rings. The molecule has 16 unspecified atom stereocenters. The van der Waals surface area contributed by atoms with Gasteiger partial charge in [0.2, 0.25) is 0 Å². The Morgan fingerprint density at radius 2 is 0.868 bits per heavy atom. The lowest BCUT2D eigenvalue weighted by Crippen LogP contribution is -2.69. The number of phosphoric acid groups is 1. The Bertz CT molecular complexity index is 1570. The number of carbonyl (C=O) groups is 2. The van der Waals surface area contributed by atoms with Crippen molar-refractivity contribution in [2.75, 3.05) is 26.4 Å². The van der Waals surface area contributed by atoms with Crippen LogP contribution in [0.3, 0.4) is 0 Å². The molecule has 446 valence electrons. The smallest absolute Gasteiger partial charge is 0.462 e. The number of carbonyl (C=O) groups excluding carboxylic acids is 2. The van der Waals surface area contributed by atoms with Crippen LogP contribution in [-0.4, -0.2) is 204 Å². The molecular formula is C52H95O23P. The summed E-state index contributed by atoms with van der Waals surface area (Å²) in [6.45, 7) is 0.960. The molecule has 2 aliphatic heterocycles. The van der Waals surface area contributed by atoms with Crippen molar-refractivity contribution < 1.29 is 113 Å². The highest BCUT2D eigenvalue weighted by molar-refractivity contribution is 7.47. The third-order valence-corrected chi connectivity index (χ3v) is 15.1. The van der Waals surface area contributed by atoms with Crippen LogP contribution in [0.15, 0.2) is 12.2 Å². The number of ether oxygens (including phenoxy) is 6. The summed E-state index contributed by atoms with van der Waals surface area (Å²) >= 11 is 0. The van der Waals surface area contributed by atoms with Crippen LogP contribution in [0.2, 0.25) is 0 Å². The highest BCUT2D eigenvalue weighted by atomic mass is 31.2. The molecule has 16 atom stereocenters. The van der Waals surface area contributed by atoms with Crippen LogP contribution >= 0.6 is 7.82 Å². The lowest BCUT2D eigenvalue weighted by atomic mass is 9.84. The summed E-state index contributed by atoms with van der Waals surface area (Å²) in [4.78, 5) is 37.4. The van der Waals surface area contributed by atoms with Gasteiger partial charge in [0.25, 0.3) is 0 Å². The van der Waals surface area contributed by atoms with Crippen molar-refractivity contribution in [3.05, 3.63) is 12.2 Å². The van der Waals surface area contributed by atoms with Crippen LogP contribution in [0.1, 0.15) is 174 Å². The Morgan fingerprint density at radius 1 is 0.487 bits per heavy atom. The summed E-state index contributed by atoms with van der Waals surface area (Å²) in [6, 6.07) is 0. The number of rotatable bonds is 40. The number of hydrogen-bond donors (Lipinski definition) is 12. The molecule has 1 saturated carbocycles. The maximum absolute atomic E-state index is 14.0. The number of aliphatic hydroxyl groups excluding tert-OH is 11. The van der Waals surface area contributed by atoms with Crippen LogP contribution < -0.4 is 0 Å². The fourth-order valence-corrected chi connectivity index (χ4v) is 10.3. The van der Waals surface area contributed by atoms with E-state index in [9.17, 15) is 75.2 Å². The zero-order chi connectivity index (χ0) is 56.0. The van der Waals surface area contributed by atoms with E-state index in [1.807, 2.05) is 0 Å². The van der Waals surface area contributed by atoms with E-state index < -0.39 is 150 Å². The molecule has 23 nitrogen and oxygen atoms in total. The molecule has 0 bridgehead atoms. The lowest BCUT2D eigenvalue weighted by molar-refractivity contribution is -0.360. The first-order chi connectivity index (χ1) is 36.4. The van der Waals surface area contributed by atoms with Crippen molar-refractivity contribution in [1.82, 2.24) is 0 Å². The van der Waals surface area contributed by atoms with E-state index in [0.717, 1.165) is 64.2 Å². The van der Waals surface area contributed by atoms with E-state index in [1.165, 1.54) is 70.6 Å². The van der Waals surface area contributed by atoms with Gasteiger partial charge in [0, 0.05) is 12.8 Å². The SMILES string of the molecule is CCCCCCCC/C=C\CCCCCC(=O)OCC(COP(=O)(O)OC1C(OC2OC(CO)C(O)C(O)C2O)C(O)C(O)C(O)C1OC1OC(CO)C(O)C(O)C1O)OC(=O)CCCCCCCCCCCCCC. The van der Waals surface area contributed by atoms with Gasteiger partial charge in [-0.05, 0) is 38.5 Å². The van der Waals surface area contributed by atoms with Gasteiger partial charge < -0.3 is 89.5 Å². The van der Waals surface area contributed by atoms with Crippen LogP contribution in [0.5, 0.6) is 0 Å². The number of unbranched alkanes of at least 4 members (excludes halogenated alkanes) is 20. The lowest BCUT2D eigenvalue weighted by Gasteiger charge is -2.49. The van der Waals surface area contributed by atoms with Crippen molar-refractivity contribution in [2.45, 2.75) is 279 Å². The number of hydrogen-bond acceptors (Lipinski definition) is 22. The molecule has 3 rings (SSSR count). The van der Waals surface area contributed by atoms with E-state index >= 15 is 0 Å². The highest BCUT2D eigenvalue weighted by Crippen LogP contribution is 2.49. The fraction of sp³-hybridized carbons (Fsp3) is 0.923. The quantitative estimate of drug-likeness (QED) is 0.0182. The number of esters is 2. The third-order valence-electron chi connectivity index (χ3n) is 14.1. The summed E-state index contributed by atoms with van der Waals surface area (Å²) in [6.07, 6.45) is -6.36. The minimum Gasteiger partial charge on any atom is -0.462 e. The van der Waals surface area contributed by atoms with Gasteiger partial charge in [-0.1, -0.05) is 135 Å². The average Bonchev–Trinajstić information content (AvgIpc) is 3.40. The van der Waals surface area contributed by atoms with Gasteiger partial charge in [0.1, 0.15) is 92.1 Å². The summed E-state index contributed by atoms with van der Waals surface area (Å²) < 4.78 is 58.0. The van der Waals surface area contributed by atoms with Gasteiger partial charge >= 0.3 is 19.8 Å². The second-order valence-electron chi connectivity index (χ2n) is 20.5. The molecule has 0 aromatic rings. The average molecular weight is 1120 g/mol. The first kappa shape index (κ1) is 68.5. The summed E-state index contributed by atoms with van der Waals surface area (Å²) in [5.41, 5.74) is 0. The topological polar surface area (TPSA) is 368 Å². The third kappa shape index (κ3) is 24.1. The van der Waals surface area contributed by atoms with Crippen LogP contribution in [-0.2, 0) is 51.6 Å². The molecule has 24 heteroatoms. The fourth-order valence-electron chi connectivity index (χ4n) is 9.35. The van der Waals surface area contributed by atoms with E-state index in [-0.39, 0.29) is 12.8 Å². The van der Waals surface area contributed by atoms with Gasteiger partial charge in [-0.2, -0.15) is 0 Å². The maximum Gasteiger partial charge on any atom is 0.472 e. The second-order valence-corrected chi connectivity index (χ2v) is 21.9. The molecule has 0 radical (unpaired) electrons. The van der Waals surface area contributed by atoms with Gasteiger partial charge in [-0.3, -0.25) is 18.6 Å². The van der Waals surface area contributed by atoms with Crippen molar-refractivity contribution in [2.24, 2.45) is 0 Å². The zero-order valence-electron chi connectivity index (χ0n) is 44.8. The largest absolute Gasteiger partial charge is 0.472 e. The van der Waals surface area contributed by atoms with E-state index in [4.69, 9.17) is 37.5 Å². The first-order valence-corrected chi connectivity index (χ1v) is 29.5. The van der Waals surface area contributed by atoms with Crippen LogP contribution in [0.25, 0.3) is 0 Å². The van der Waals surface area contributed by atoms with Gasteiger partial charge in [-0.25, -0.2) is 4.57 Å². The Morgan fingerprint density at radius 3 is 1.30 bits per heavy atom. The van der Waals surface area contributed by atoms with Gasteiger partial charge in [-0.15, -0.1) is 0 Å². The minimum absolute atomic E-state index is 0.0311. The van der Waals surface area contributed by atoms with E-state index in [2.05, 4.69) is 26.0 Å². The molecule has 76 heavy (non-hydrogen) atoms. The molecule has 0 spiro atoms. The van der Waals surface area contributed by atoms with Crippen molar-refractivity contribution >= 4 is 19.8 Å². The zero-order valence-corrected chi connectivity index (χ0v) is 45.7. The van der Waals surface area contributed by atoms with Crippen LogP contribution in [0.4, 0.5) is 0 Å². The molecule has 0 aromatic heterocycles.